The molecule has 1 amide bonds. The number of para-hydroxylation sites is 1. The van der Waals surface area contributed by atoms with Crippen molar-refractivity contribution in [2.45, 2.75) is 23.5 Å². The number of rotatable bonds is 6. The molecule has 0 saturated heterocycles. The number of carbonyl (C=O) groups is 1. The average molecular weight is 539 g/mol. The van der Waals surface area contributed by atoms with E-state index >= 15 is 0 Å². The van der Waals surface area contributed by atoms with Crippen molar-refractivity contribution < 1.29 is 22.0 Å². The highest BCUT2D eigenvalue weighted by atomic mass is 32.2. The van der Waals surface area contributed by atoms with Crippen LogP contribution in [-0.2, 0) is 21.4 Å². The van der Waals surface area contributed by atoms with Crippen molar-refractivity contribution in [3.63, 3.8) is 0 Å². The largest absolute Gasteiger partial charge is 0.323 e. The molecule has 4 aromatic rings. The Hall–Kier alpha value is -3.83. The van der Waals surface area contributed by atoms with Crippen LogP contribution in [-0.4, -0.2) is 30.0 Å². The Bertz CT molecular complexity index is 1610. The third-order valence-electron chi connectivity index (χ3n) is 5.71. The first-order chi connectivity index (χ1) is 17.7. The number of amides is 1. The van der Waals surface area contributed by atoms with Crippen LogP contribution in [0.2, 0.25) is 0 Å². The Balaban J connectivity index is 1.40. The minimum Gasteiger partial charge on any atom is -0.323 e. The number of hydrogen-bond donors (Lipinski definition) is 1. The van der Waals surface area contributed by atoms with E-state index in [4.69, 9.17) is 0 Å². The lowest BCUT2D eigenvalue weighted by Gasteiger charge is -2.31. The highest BCUT2D eigenvalue weighted by Gasteiger charge is 2.36. The van der Waals surface area contributed by atoms with Gasteiger partial charge >= 0.3 is 0 Å². The van der Waals surface area contributed by atoms with Crippen molar-refractivity contribution in [2.75, 3.05) is 15.4 Å². The van der Waals surface area contributed by atoms with Crippen LogP contribution < -0.4 is 9.62 Å². The van der Waals surface area contributed by atoms with Gasteiger partial charge in [-0.05, 0) is 30.7 Å². The molecule has 0 radical (unpaired) electrons. The van der Waals surface area contributed by atoms with Crippen molar-refractivity contribution in [2.24, 2.45) is 0 Å². The van der Waals surface area contributed by atoms with Crippen LogP contribution in [0, 0.1) is 18.6 Å². The number of benzene rings is 3. The zero-order valence-corrected chi connectivity index (χ0v) is 21.1. The summed E-state index contributed by atoms with van der Waals surface area (Å²) in [5.41, 5.74) is 2.99. The third kappa shape index (κ3) is 5.05. The zero-order chi connectivity index (χ0) is 26.2. The Morgan fingerprint density at radius 3 is 2.59 bits per heavy atom. The molecule has 0 spiro atoms. The van der Waals surface area contributed by atoms with Gasteiger partial charge < -0.3 is 5.32 Å². The monoisotopic (exact) mass is 538 g/mol. The smallest absolute Gasteiger partial charge is 0.268 e. The molecule has 0 atom stereocenters. The van der Waals surface area contributed by atoms with Crippen molar-refractivity contribution in [3.05, 3.63) is 95.7 Å². The van der Waals surface area contributed by atoms with Gasteiger partial charge in [0.25, 0.3) is 10.0 Å². The molecule has 11 heteroatoms. The molecule has 0 fully saturated rings. The molecule has 1 aliphatic heterocycles. The quantitative estimate of drug-likeness (QED) is 0.269. The number of fused-ring (bicyclic) bond motifs is 3. The second kappa shape index (κ2) is 9.91. The van der Waals surface area contributed by atoms with Gasteiger partial charge in [0.1, 0.15) is 16.5 Å². The third-order valence-corrected chi connectivity index (χ3v) is 8.33. The molecule has 2 heterocycles. The van der Waals surface area contributed by atoms with E-state index in [0.717, 1.165) is 41.1 Å². The molecular weight excluding hydrogens is 518 g/mol. The first kappa shape index (κ1) is 24.8. The normalized spacial score (nSPS) is 13.5. The summed E-state index contributed by atoms with van der Waals surface area (Å²) in [6, 6.07) is 17.4. The summed E-state index contributed by atoms with van der Waals surface area (Å²) in [5, 5.41) is 2.48. The first-order valence-electron chi connectivity index (χ1n) is 11.1. The molecule has 1 aromatic heterocycles. The Morgan fingerprint density at radius 2 is 1.81 bits per heavy atom. The molecule has 7 nitrogen and oxygen atoms in total. The number of aryl methyl sites for hydroxylation is 1. The summed E-state index contributed by atoms with van der Waals surface area (Å²) >= 11 is 0.951. The fraction of sp³-hybridized carbons (Fsp3) is 0.115. The fourth-order valence-electron chi connectivity index (χ4n) is 3.88. The predicted molar refractivity (Wildman–Crippen MR) is 138 cm³/mol. The molecule has 1 N–H and O–H groups in total. The van der Waals surface area contributed by atoms with Crippen molar-refractivity contribution in [1.29, 1.82) is 0 Å². The number of anilines is 2. The van der Waals surface area contributed by atoms with E-state index in [0.29, 0.717) is 11.3 Å². The number of carbonyl (C=O) groups excluding carboxylic acids is 1. The van der Waals surface area contributed by atoms with Gasteiger partial charge in [-0.15, -0.1) is 0 Å². The maximum Gasteiger partial charge on any atom is 0.268 e. The van der Waals surface area contributed by atoms with Crippen molar-refractivity contribution in [1.82, 2.24) is 9.97 Å². The molecular formula is C26H20F2N4O3S2. The number of sulfonamides is 1. The average Bonchev–Trinajstić information content (AvgIpc) is 2.88. The first-order valence-corrected chi connectivity index (χ1v) is 13.6. The maximum atomic E-state index is 13.8. The molecule has 5 rings (SSSR count). The molecule has 0 bridgehead atoms. The van der Waals surface area contributed by atoms with Crippen LogP contribution in [0.1, 0.15) is 11.1 Å². The number of halogens is 2. The van der Waals surface area contributed by atoms with E-state index in [2.05, 4.69) is 15.3 Å². The molecule has 1 aliphatic rings. The Labute approximate surface area is 216 Å². The van der Waals surface area contributed by atoms with Gasteiger partial charge in [0.05, 0.1) is 35.6 Å². The summed E-state index contributed by atoms with van der Waals surface area (Å²) < 4.78 is 55.7. The van der Waals surface area contributed by atoms with Gasteiger partial charge in [-0.25, -0.2) is 27.2 Å². The zero-order valence-electron chi connectivity index (χ0n) is 19.5. The van der Waals surface area contributed by atoms with Gasteiger partial charge in [-0.3, -0.25) is 9.10 Å². The summed E-state index contributed by atoms with van der Waals surface area (Å²) in [6.45, 7) is 2.11. The lowest BCUT2D eigenvalue weighted by Crippen LogP contribution is -2.34. The van der Waals surface area contributed by atoms with Crippen LogP contribution in [0.4, 0.5) is 20.2 Å². The molecule has 0 saturated carbocycles. The number of nitrogens with one attached hydrogen (secondary N) is 1. The lowest BCUT2D eigenvalue weighted by atomic mass is 10.1. The summed E-state index contributed by atoms with van der Waals surface area (Å²) in [5.74, 6) is -2.23. The van der Waals surface area contributed by atoms with Gasteiger partial charge in [0.15, 0.2) is 5.16 Å². The van der Waals surface area contributed by atoms with Crippen LogP contribution in [0.15, 0.2) is 83.0 Å². The summed E-state index contributed by atoms with van der Waals surface area (Å²) in [7, 11) is -3.96. The summed E-state index contributed by atoms with van der Waals surface area (Å²) in [6.07, 6.45) is 1.24. The van der Waals surface area contributed by atoms with Crippen molar-refractivity contribution in [3.8, 4) is 11.3 Å². The molecule has 3 aromatic carbocycles. The predicted octanol–water partition coefficient (Wildman–Crippen LogP) is 5.17. The molecule has 37 heavy (non-hydrogen) atoms. The maximum absolute atomic E-state index is 13.8. The van der Waals surface area contributed by atoms with Crippen LogP contribution in [0.3, 0.4) is 0 Å². The fourth-order valence-corrected chi connectivity index (χ4v) is 6.06. The van der Waals surface area contributed by atoms with Crippen LogP contribution >= 0.6 is 11.8 Å². The van der Waals surface area contributed by atoms with Crippen LogP contribution in [0.25, 0.3) is 11.3 Å². The van der Waals surface area contributed by atoms with E-state index in [1.807, 2.05) is 31.2 Å². The Morgan fingerprint density at radius 1 is 1.05 bits per heavy atom. The molecule has 188 valence electrons. The van der Waals surface area contributed by atoms with E-state index in [1.54, 1.807) is 24.3 Å². The number of hydrogen-bond acceptors (Lipinski definition) is 6. The second-order valence-corrected chi connectivity index (χ2v) is 11.1. The standard InChI is InChI=1S/C26H20F2N4O3S2/c1-16-6-8-17(9-7-16)14-32-22-5-3-2-4-19(22)25-23(37(32,34)35)13-29-26(31-25)36-15-24(33)30-21-12-18(27)10-11-20(21)28/h2-13H,14-15H2,1H3,(H,30,33). The van der Waals surface area contributed by atoms with Crippen LogP contribution in [0.5, 0.6) is 0 Å². The van der Waals surface area contributed by atoms with Gasteiger partial charge in [0, 0.05) is 11.6 Å². The van der Waals surface area contributed by atoms with Gasteiger partial charge in [-0.2, -0.15) is 0 Å². The van der Waals surface area contributed by atoms with E-state index in [1.165, 1.54) is 10.5 Å². The van der Waals surface area contributed by atoms with Crippen molar-refractivity contribution >= 4 is 39.1 Å². The highest BCUT2D eigenvalue weighted by Crippen LogP contribution is 2.42. The number of aromatic nitrogens is 2. The lowest BCUT2D eigenvalue weighted by molar-refractivity contribution is -0.113. The summed E-state index contributed by atoms with van der Waals surface area (Å²) in [4.78, 5) is 20.9. The van der Waals surface area contributed by atoms with E-state index < -0.39 is 27.6 Å². The van der Waals surface area contributed by atoms with Gasteiger partial charge in [0.2, 0.25) is 5.91 Å². The molecule has 0 aliphatic carbocycles. The number of thioether (sulfide) groups is 1. The van der Waals surface area contributed by atoms with E-state index in [-0.39, 0.29) is 33.7 Å². The molecule has 0 unspecified atom stereocenters. The highest BCUT2D eigenvalue weighted by molar-refractivity contribution is 7.99. The topological polar surface area (TPSA) is 92.3 Å². The SMILES string of the molecule is Cc1ccc(CN2c3ccccc3-c3nc(SCC(=O)Nc4cc(F)ccc4F)ncc3S2(=O)=O)cc1. The Kier molecular flexibility index (Phi) is 6.65. The second-order valence-electron chi connectivity index (χ2n) is 8.34. The van der Waals surface area contributed by atoms with Gasteiger partial charge in [-0.1, -0.05) is 59.8 Å². The minimum atomic E-state index is -3.96. The minimum absolute atomic E-state index is 0.0334. The van der Waals surface area contributed by atoms with E-state index in [9.17, 15) is 22.0 Å². The number of nitrogens with zero attached hydrogens (tertiary/aromatic N) is 3.